The standard InChI is InChI=1S/C23H31N5O3/c1-23(2,3)18-13-17(19(29)14-20(18)30)21-24-25-22(31)28(21)16-9-7-15(8-10-16)27(6)12-11-26(4)5/h7-10,13-14,29-30H,11-12H2,1-6H3,(H,25,31). The van der Waals surface area contributed by atoms with Gasteiger partial charge in [0.1, 0.15) is 11.5 Å². The highest BCUT2D eigenvalue weighted by Crippen LogP contribution is 2.40. The van der Waals surface area contributed by atoms with Crippen molar-refractivity contribution in [2.24, 2.45) is 0 Å². The van der Waals surface area contributed by atoms with Crippen LogP contribution in [0, 0.1) is 0 Å². The molecule has 0 fully saturated rings. The third-order valence-electron chi connectivity index (χ3n) is 5.24. The molecular formula is C23H31N5O3. The molecule has 0 saturated carbocycles. The maximum absolute atomic E-state index is 10.5. The number of phenolic OH excluding ortho intramolecular Hbond substituents is 2. The Labute approximate surface area is 183 Å². The van der Waals surface area contributed by atoms with Crippen molar-refractivity contribution in [3.8, 4) is 34.6 Å². The zero-order valence-electron chi connectivity index (χ0n) is 19.0. The van der Waals surface area contributed by atoms with Crippen LogP contribution in [-0.2, 0) is 5.41 Å². The van der Waals surface area contributed by atoms with Gasteiger partial charge in [0.15, 0.2) is 5.82 Å². The van der Waals surface area contributed by atoms with Crippen LogP contribution in [0.15, 0.2) is 36.4 Å². The Balaban J connectivity index is 2.01. The van der Waals surface area contributed by atoms with Gasteiger partial charge in [-0.2, -0.15) is 0 Å². The van der Waals surface area contributed by atoms with Crippen molar-refractivity contribution in [2.75, 3.05) is 39.1 Å². The van der Waals surface area contributed by atoms with Gasteiger partial charge in [-0.25, -0.2) is 4.57 Å². The molecule has 31 heavy (non-hydrogen) atoms. The molecule has 3 aromatic rings. The predicted octanol–water partition coefficient (Wildman–Crippen LogP) is 3.35. The van der Waals surface area contributed by atoms with Gasteiger partial charge in [-0.05, 0) is 49.8 Å². The van der Waals surface area contributed by atoms with Gasteiger partial charge in [-0.15, -0.1) is 5.10 Å². The summed E-state index contributed by atoms with van der Waals surface area (Å²) in [6.45, 7) is 7.72. The van der Waals surface area contributed by atoms with E-state index in [2.05, 4.69) is 20.0 Å². The number of aromatic nitrogens is 3. The third-order valence-corrected chi connectivity index (χ3v) is 5.24. The van der Waals surface area contributed by atoms with E-state index < -0.39 is 0 Å². The van der Waals surface area contributed by atoms with E-state index in [-0.39, 0.29) is 28.7 Å². The zero-order valence-corrected chi connectivity index (χ0v) is 19.0. The van der Waals surface area contributed by atoms with Crippen LogP contribution in [0.2, 0.25) is 0 Å². The van der Waals surface area contributed by atoms with Crippen LogP contribution in [0.5, 0.6) is 17.5 Å². The molecule has 1 aromatic heterocycles. The smallest absolute Gasteiger partial charge is 0.319 e. The predicted molar refractivity (Wildman–Crippen MR) is 122 cm³/mol. The topological polar surface area (TPSA) is 97.9 Å². The normalized spacial score (nSPS) is 11.8. The van der Waals surface area contributed by atoms with Gasteiger partial charge in [0, 0.05) is 37.5 Å². The fraction of sp³-hybridized carbons (Fsp3) is 0.391. The summed E-state index contributed by atoms with van der Waals surface area (Å²) < 4.78 is 1.47. The first kappa shape index (κ1) is 22.4. The van der Waals surface area contributed by atoms with E-state index in [1.165, 1.54) is 10.6 Å². The molecule has 0 unspecified atom stereocenters. The largest absolute Gasteiger partial charge is 0.508 e. The summed E-state index contributed by atoms with van der Waals surface area (Å²) in [5.74, 6) is 0.155. The van der Waals surface area contributed by atoms with Crippen LogP contribution < -0.4 is 4.90 Å². The molecule has 8 nitrogen and oxygen atoms in total. The van der Waals surface area contributed by atoms with Crippen molar-refractivity contribution in [2.45, 2.75) is 26.2 Å². The number of nitrogens with zero attached hydrogens (tertiary/aromatic N) is 5. The SMILES string of the molecule is CN(C)CCN(C)c1ccc(-n2c(O)nnc2-c2cc(C(C)(C)C)c(O)cc2O)cc1. The minimum Gasteiger partial charge on any atom is -0.508 e. The average Bonchev–Trinajstić information content (AvgIpc) is 3.06. The lowest BCUT2D eigenvalue weighted by Crippen LogP contribution is -2.28. The van der Waals surface area contributed by atoms with Crippen LogP contribution in [0.3, 0.4) is 0 Å². The molecule has 0 aliphatic rings. The minimum absolute atomic E-state index is 0.00847. The first-order chi connectivity index (χ1) is 14.5. The Morgan fingerprint density at radius 3 is 2.10 bits per heavy atom. The molecule has 3 rings (SSSR count). The Morgan fingerprint density at radius 1 is 0.871 bits per heavy atom. The molecule has 8 heteroatoms. The number of hydrogen-bond donors (Lipinski definition) is 3. The first-order valence-corrected chi connectivity index (χ1v) is 10.2. The van der Waals surface area contributed by atoms with E-state index in [1.54, 1.807) is 6.07 Å². The summed E-state index contributed by atoms with van der Waals surface area (Å²) in [6.07, 6.45) is 0. The van der Waals surface area contributed by atoms with E-state index in [1.807, 2.05) is 66.2 Å². The van der Waals surface area contributed by atoms with Gasteiger partial charge in [0.05, 0.1) is 11.3 Å². The van der Waals surface area contributed by atoms with Crippen LogP contribution in [-0.4, -0.2) is 69.2 Å². The summed E-state index contributed by atoms with van der Waals surface area (Å²) in [6, 6.07) is 10.4. The number of benzene rings is 2. The van der Waals surface area contributed by atoms with Crippen LogP contribution in [0.1, 0.15) is 26.3 Å². The number of aromatic hydroxyl groups is 3. The Morgan fingerprint density at radius 2 is 1.52 bits per heavy atom. The maximum atomic E-state index is 10.5. The van der Waals surface area contributed by atoms with Gasteiger partial charge in [0.2, 0.25) is 0 Å². The quantitative estimate of drug-likeness (QED) is 0.557. The molecule has 2 aromatic carbocycles. The molecule has 0 radical (unpaired) electrons. The number of phenols is 2. The maximum Gasteiger partial charge on any atom is 0.319 e. The lowest BCUT2D eigenvalue weighted by atomic mass is 9.85. The first-order valence-electron chi connectivity index (χ1n) is 10.2. The van der Waals surface area contributed by atoms with Crippen molar-refractivity contribution in [1.82, 2.24) is 19.7 Å². The second-order valence-electron chi connectivity index (χ2n) is 9.04. The fourth-order valence-electron chi connectivity index (χ4n) is 3.38. The molecular weight excluding hydrogens is 394 g/mol. The summed E-state index contributed by atoms with van der Waals surface area (Å²) in [5.41, 5.74) is 2.39. The molecule has 0 bridgehead atoms. The Kier molecular flexibility index (Phi) is 6.13. The van der Waals surface area contributed by atoms with Crippen LogP contribution in [0.25, 0.3) is 17.1 Å². The molecule has 0 aliphatic heterocycles. The van der Waals surface area contributed by atoms with E-state index in [0.717, 1.165) is 18.8 Å². The van der Waals surface area contributed by atoms with Gasteiger partial charge in [-0.1, -0.05) is 25.9 Å². The summed E-state index contributed by atoms with van der Waals surface area (Å²) >= 11 is 0. The molecule has 0 aliphatic carbocycles. The summed E-state index contributed by atoms with van der Waals surface area (Å²) in [7, 11) is 6.11. The molecule has 1 heterocycles. The Bertz CT molecular complexity index is 1050. The van der Waals surface area contributed by atoms with Gasteiger partial charge >= 0.3 is 6.01 Å². The van der Waals surface area contributed by atoms with E-state index in [0.29, 0.717) is 16.8 Å². The Hall–Kier alpha value is -3.26. The highest BCUT2D eigenvalue weighted by molar-refractivity contribution is 5.70. The lowest BCUT2D eigenvalue weighted by molar-refractivity contribution is 0.416. The minimum atomic E-state index is -0.349. The van der Waals surface area contributed by atoms with Crippen molar-refractivity contribution in [3.05, 3.63) is 42.0 Å². The lowest BCUT2D eigenvalue weighted by Gasteiger charge is -2.22. The molecule has 0 amide bonds. The monoisotopic (exact) mass is 425 g/mol. The summed E-state index contributed by atoms with van der Waals surface area (Å²) in [4.78, 5) is 4.28. The van der Waals surface area contributed by atoms with E-state index in [9.17, 15) is 15.3 Å². The highest BCUT2D eigenvalue weighted by Gasteiger charge is 2.24. The van der Waals surface area contributed by atoms with Crippen LogP contribution >= 0.6 is 0 Å². The van der Waals surface area contributed by atoms with E-state index >= 15 is 0 Å². The zero-order chi connectivity index (χ0) is 22.9. The van der Waals surface area contributed by atoms with Crippen LogP contribution in [0.4, 0.5) is 5.69 Å². The van der Waals surface area contributed by atoms with E-state index in [4.69, 9.17) is 0 Å². The molecule has 3 N–H and O–H groups in total. The molecule has 0 spiro atoms. The fourth-order valence-corrected chi connectivity index (χ4v) is 3.38. The van der Waals surface area contributed by atoms with Gasteiger partial charge in [-0.3, -0.25) is 0 Å². The summed E-state index contributed by atoms with van der Waals surface area (Å²) in [5, 5.41) is 39.1. The van der Waals surface area contributed by atoms with Crippen molar-refractivity contribution in [3.63, 3.8) is 0 Å². The molecule has 166 valence electrons. The van der Waals surface area contributed by atoms with Crippen molar-refractivity contribution < 1.29 is 15.3 Å². The average molecular weight is 426 g/mol. The number of likely N-dealkylation sites (N-methyl/N-ethyl adjacent to an activating group) is 2. The van der Waals surface area contributed by atoms with Crippen molar-refractivity contribution >= 4 is 5.69 Å². The molecule has 0 atom stereocenters. The second kappa shape index (κ2) is 8.47. The number of hydrogen-bond acceptors (Lipinski definition) is 7. The number of rotatable bonds is 6. The number of anilines is 1. The van der Waals surface area contributed by atoms with Crippen molar-refractivity contribution in [1.29, 1.82) is 0 Å². The van der Waals surface area contributed by atoms with Gasteiger partial charge in [0.25, 0.3) is 0 Å². The van der Waals surface area contributed by atoms with Gasteiger partial charge < -0.3 is 25.1 Å². The second-order valence-corrected chi connectivity index (χ2v) is 9.04. The highest BCUT2D eigenvalue weighted by atomic mass is 16.3. The molecule has 0 saturated heterocycles. The third kappa shape index (κ3) is 4.74.